The minimum Gasteiger partial charge on any atom is -0.343 e. The van der Waals surface area contributed by atoms with Crippen molar-refractivity contribution in [3.05, 3.63) is 29.8 Å². The van der Waals surface area contributed by atoms with Crippen LogP contribution in [0.2, 0.25) is 0 Å². The first kappa shape index (κ1) is 16.9. The van der Waals surface area contributed by atoms with E-state index in [2.05, 4.69) is 0 Å². The Hall–Kier alpha value is -1.93. The average molecular weight is 351 g/mol. The molecule has 1 aromatic carbocycles. The number of hydrogen-bond donors (Lipinski definition) is 0. The smallest absolute Gasteiger partial charge is 0.253 e. The van der Waals surface area contributed by atoms with E-state index in [9.17, 15) is 18.0 Å². The summed E-state index contributed by atoms with van der Waals surface area (Å²) < 4.78 is 26.9. The number of carbonyl (C=O) groups excluding carboxylic acids is 2. The van der Waals surface area contributed by atoms with Crippen LogP contribution in [0.15, 0.2) is 29.2 Å². The normalized spacial score (nSPS) is 19.5. The molecule has 0 atom stereocenters. The molecule has 0 saturated carbocycles. The molecule has 0 spiro atoms. The van der Waals surface area contributed by atoms with Gasteiger partial charge in [0.05, 0.1) is 4.90 Å². The van der Waals surface area contributed by atoms with Crippen molar-refractivity contribution in [1.29, 1.82) is 0 Å². The fourth-order valence-corrected chi connectivity index (χ4v) is 4.56. The summed E-state index contributed by atoms with van der Waals surface area (Å²) in [6.45, 7) is 2.76. The molecule has 2 heterocycles. The van der Waals surface area contributed by atoms with Gasteiger partial charge in [0.1, 0.15) is 0 Å². The maximum absolute atomic E-state index is 12.8. The molecule has 2 saturated heterocycles. The number of benzene rings is 1. The molecule has 8 heteroatoms. The van der Waals surface area contributed by atoms with Crippen LogP contribution in [0.25, 0.3) is 0 Å². The van der Waals surface area contributed by atoms with Gasteiger partial charge in [-0.15, -0.1) is 0 Å². The maximum Gasteiger partial charge on any atom is 0.253 e. The first-order valence-corrected chi connectivity index (χ1v) is 9.55. The molecule has 7 nitrogen and oxygen atoms in total. The third-order valence-electron chi connectivity index (χ3n) is 4.53. The van der Waals surface area contributed by atoms with Crippen molar-refractivity contribution in [3.63, 3.8) is 0 Å². The van der Waals surface area contributed by atoms with E-state index in [1.807, 2.05) is 0 Å². The molecule has 0 aliphatic carbocycles. The highest BCUT2D eigenvalue weighted by atomic mass is 32.2. The highest BCUT2D eigenvalue weighted by Crippen LogP contribution is 2.20. The van der Waals surface area contributed by atoms with Crippen molar-refractivity contribution in [3.8, 4) is 0 Å². The lowest BCUT2D eigenvalue weighted by Gasteiger charge is -2.31. The van der Waals surface area contributed by atoms with Gasteiger partial charge in [0, 0.05) is 44.8 Å². The Morgan fingerprint density at radius 2 is 1.67 bits per heavy atom. The Bertz CT molecular complexity index is 721. The summed E-state index contributed by atoms with van der Waals surface area (Å²) in [6, 6.07) is 6.24. The number of piperazine rings is 1. The van der Waals surface area contributed by atoms with E-state index >= 15 is 0 Å². The third-order valence-corrected chi connectivity index (χ3v) is 6.43. The van der Waals surface area contributed by atoms with Gasteiger partial charge in [-0.25, -0.2) is 8.42 Å². The van der Waals surface area contributed by atoms with E-state index in [0.717, 1.165) is 32.3 Å². The number of hydrogen-bond acceptors (Lipinski definition) is 4. The number of rotatable bonds is 4. The molecule has 0 unspecified atom stereocenters. The summed E-state index contributed by atoms with van der Waals surface area (Å²) >= 11 is 0. The minimum absolute atomic E-state index is 0.115. The fourth-order valence-electron chi connectivity index (χ4n) is 3.09. The van der Waals surface area contributed by atoms with Crippen molar-refractivity contribution >= 4 is 22.3 Å². The molecule has 2 fully saturated rings. The zero-order chi connectivity index (χ0) is 17.2. The molecule has 1 aromatic rings. The number of likely N-dealkylation sites (tertiary alicyclic amines) is 1. The predicted octanol–water partition coefficient (Wildman–Crippen LogP) is 0.385. The van der Waals surface area contributed by atoms with Crippen LogP contribution in [-0.4, -0.2) is 74.1 Å². The second-order valence-electron chi connectivity index (χ2n) is 6.07. The SMILES string of the molecule is O=CN1CCN(S(=O)(=O)c2cccc(C(=O)N3CCCC3)c2)CC1. The summed E-state index contributed by atoms with van der Waals surface area (Å²) in [5.74, 6) is -0.115. The summed E-state index contributed by atoms with van der Waals surface area (Å²) in [7, 11) is -3.65. The molecular weight excluding hydrogens is 330 g/mol. The van der Waals surface area contributed by atoms with E-state index in [1.165, 1.54) is 16.4 Å². The van der Waals surface area contributed by atoms with Gasteiger partial charge in [0.25, 0.3) is 5.91 Å². The van der Waals surface area contributed by atoms with Crippen molar-refractivity contribution in [2.24, 2.45) is 0 Å². The zero-order valence-electron chi connectivity index (χ0n) is 13.4. The van der Waals surface area contributed by atoms with Crippen molar-refractivity contribution in [2.45, 2.75) is 17.7 Å². The molecule has 3 rings (SSSR count). The van der Waals surface area contributed by atoms with Crippen LogP contribution in [0.3, 0.4) is 0 Å². The van der Waals surface area contributed by atoms with E-state index in [-0.39, 0.29) is 23.9 Å². The van der Waals surface area contributed by atoms with Crippen LogP contribution in [0.5, 0.6) is 0 Å². The topological polar surface area (TPSA) is 78.0 Å². The van der Waals surface area contributed by atoms with Gasteiger partial charge in [-0.1, -0.05) is 6.07 Å². The highest BCUT2D eigenvalue weighted by Gasteiger charge is 2.29. The molecule has 0 N–H and O–H groups in total. The van der Waals surface area contributed by atoms with Crippen molar-refractivity contribution in [2.75, 3.05) is 39.3 Å². The first-order chi connectivity index (χ1) is 11.5. The predicted molar refractivity (Wildman–Crippen MR) is 88.0 cm³/mol. The van der Waals surface area contributed by atoms with Crippen LogP contribution >= 0.6 is 0 Å². The first-order valence-electron chi connectivity index (χ1n) is 8.11. The fraction of sp³-hybridized carbons (Fsp3) is 0.500. The van der Waals surface area contributed by atoms with E-state index < -0.39 is 10.0 Å². The summed E-state index contributed by atoms with van der Waals surface area (Å²) in [6.07, 6.45) is 2.72. The lowest BCUT2D eigenvalue weighted by atomic mass is 10.2. The highest BCUT2D eigenvalue weighted by molar-refractivity contribution is 7.89. The summed E-state index contributed by atoms with van der Waals surface area (Å²) in [5, 5.41) is 0. The van der Waals surface area contributed by atoms with E-state index in [1.54, 1.807) is 21.9 Å². The molecule has 2 amide bonds. The lowest BCUT2D eigenvalue weighted by Crippen LogP contribution is -2.48. The second kappa shape index (κ2) is 6.90. The number of carbonyl (C=O) groups is 2. The molecular formula is C16H21N3O4S. The van der Waals surface area contributed by atoms with E-state index in [4.69, 9.17) is 0 Å². The number of amides is 2. The molecule has 0 radical (unpaired) electrons. The average Bonchev–Trinajstić information content (AvgIpc) is 3.16. The van der Waals surface area contributed by atoms with E-state index in [0.29, 0.717) is 18.7 Å². The summed E-state index contributed by atoms with van der Waals surface area (Å²) in [4.78, 5) is 26.6. The van der Waals surface area contributed by atoms with Crippen LogP contribution < -0.4 is 0 Å². The Balaban J connectivity index is 1.80. The molecule has 130 valence electrons. The van der Waals surface area contributed by atoms with Gasteiger partial charge in [-0.2, -0.15) is 4.31 Å². The van der Waals surface area contributed by atoms with Crippen molar-refractivity contribution in [1.82, 2.24) is 14.1 Å². The third kappa shape index (κ3) is 3.29. The Morgan fingerprint density at radius 3 is 2.29 bits per heavy atom. The van der Waals surface area contributed by atoms with Crippen molar-refractivity contribution < 1.29 is 18.0 Å². The number of nitrogens with zero attached hydrogens (tertiary/aromatic N) is 3. The van der Waals surface area contributed by atoms with Gasteiger partial charge in [-0.05, 0) is 31.0 Å². The van der Waals surface area contributed by atoms with Gasteiger partial charge in [0.15, 0.2) is 0 Å². The monoisotopic (exact) mass is 351 g/mol. The van der Waals surface area contributed by atoms with Gasteiger partial charge < -0.3 is 9.80 Å². The van der Waals surface area contributed by atoms with Crippen LogP contribution in [0.1, 0.15) is 23.2 Å². The quantitative estimate of drug-likeness (QED) is 0.735. The second-order valence-corrected chi connectivity index (χ2v) is 8.01. The molecule has 0 bridgehead atoms. The Labute approximate surface area is 141 Å². The molecule has 2 aliphatic heterocycles. The molecule has 24 heavy (non-hydrogen) atoms. The summed E-state index contributed by atoms with van der Waals surface area (Å²) in [5.41, 5.74) is 0.407. The van der Waals surface area contributed by atoms with Gasteiger partial charge >= 0.3 is 0 Å². The van der Waals surface area contributed by atoms with Crippen LogP contribution in [-0.2, 0) is 14.8 Å². The lowest BCUT2D eigenvalue weighted by molar-refractivity contribution is -0.119. The maximum atomic E-state index is 12.8. The molecule has 0 aromatic heterocycles. The van der Waals surface area contributed by atoms with Crippen LogP contribution in [0.4, 0.5) is 0 Å². The standard InChI is InChI=1S/C16H21N3O4S/c20-13-17-8-10-19(11-9-17)24(22,23)15-5-3-4-14(12-15)16(21)18-6-1-2-7-18/h3-5,12-13H,1-2,6-11H2. The minimum atomic E-state index is -3.65. The zero-order valence-corrected chi connectivity index (χ0v) is 14.2. The Kier molecular flexibility index (Phi) is 4.86. The molecule has 2 aliphatic rings. The van der Waals surface area contributed by atoms with Crippen LogP contribution in [0, 0.1) is 0 Å². The van der Waals surface area contributed by atoms with Gasteiger partial charge in [-0.3, -0.25) is 9.59 Å². The largest absolute Gasteiger partial charge is 0.343 e. The number of sulfonamides is 1. The van der Waals surface area contributed by atoms with Gasteiger partial charge in [0.2, 0.25) is 16.4 Å². The Morgan fingerprint density at radius 1 is 1.00 bits per heavy atom.